The van der Waals surface area contributed by atoms with Gasteiger partial charge in [-0.25, -0.2) is 9.79 Å². The zero-order valence-corrected chi connectivity index (χ0v) is 26.5. The first-order chi connectivity index (χ1) is 20.6. The summed E-state index contributed by atoms with van der Waals surface area (Å²) in [5.74, 6) is 0.767. The standard InChI is InChI=1S/C32H30BrN3O6S/c1-5-7-25-28(31(38)41-6-2)29(20-10-8-19(9-11-20)18(3)4)35-30(37)27(43-32(35)34-25)17-22-13-15-26(42-22)23-14-12-21(36(39)40)16-24(23)33/h8-18,29H,5-7H2,1-4H3/b27-17-. The molecule has 1 aliphatic rings. The number of carbonyl (C=O) groups is 1. The summed E-state index contributed by atoms with van der Waals surface area (Å²) in [6.07, 6.45) is 2.98. The summed E-state index contributed by atoms with van der Waals surface area (Å²) < 4.78 is 14.0. The number of thiazole rings is 1. The molecule has 0 aliphatic carbocycles. The summed E-state index contributed by atoms with van der Waals surface area (Å²) in [6.45, 7) is 8.21. The highest BCUT2D eigenvalue weighted by Gasteiger charge is 2.34. The predicted octanol–water partition coefficient (Wildman–Crippen LogP) is 6.63. The Hall–Kier alpha value is -4.09. The summed E-state index contributed by atoms with van der Waals surface area (Å²) in [7, 11) is 0. The van der Waals surface area contributed by atoms with Crippen LogP contribution in [0.1, 0.15) is 69.4 Å². The number of rotatable bonds is 9. The van der Waals surface area contributed by atoms with Crippen LogP contribution in [0.5, 0.6) is 0 Å². The van der Waals surface area contributed by atoms with Crippen molar-refractivity contribution in [3.63, 3.8) is 0 Å². The van der Waals surface area contributed by atoms with Gasteiger partial charge in [0.25, 0.3) is 11.2 Å². The van der Waals surface area contributed by atoms with Gasteiger partial charge in [-0.15, -0.1) is 0 Å². The first kappa shape index (κ1) is 30.4. The van der Waals surface area contributed by atoms with Gasteiger partial charge in [0.2, 0.25) is 0 Å². The fraction of sp³-hybridized carbons (Fsp3) is 0.281. The zero-order chi connectivity index (χ0) is 30.8. The van der Waals surface area contributed by atoms with E-state index in [1.54, 1.807) is 35.8 Å². The molecule has 0 fully saturated rings. The summed E-state index contributed by atoms with van der Waals surface area (Å²) in [5.41, 5.74) is 3.25. The third-order valence-electron chi connectivity index (χ3n) is 7.14. The van der Waals surface area contributed by atoms with E-state index in [2.05, 4.69) is 29.8 Å². The Balaban J connectivity index is 1.64. The van der Waals surface area contributed by atoms with Crippen molar-refractivity contribution in [2.45, 2.75) is 52.5 Å². The molecule has 1 aliphatic heterocycles. The van der Waals surface area contributed by atoms with E-state index < -0.39 is 16.9 Å². The van der Waals surface area contributed by atoms with E-state index >= 15 is 0 Å². The molecule has 1 atom stereocenters. The van der Waals surface area contributed by atoms with E-state index in [0.29, 0.717) is 54.5 Å². The number of nitrogens with zero attached hydrogens (tertiary/aromatic N) is 3. The topological polar surface area (TPSA) is 117 Å². The molecule has 4 aromatic rings. The normalized spacial score (nSPS) is 15.0. The number of nitro groups is 1. The molecule has 0 saturated heterocycles. The van der Waals surface area contributed by atoms with Gasteiger partial charge in [0.1, 0.15) is 11.5 Å². The van der Waals surface area contributed by atoms with Crippen LogP contribution in [0.4, 0.5) is 5.69 Å². The molecule has 222 valence electrons. The number of benzene rings is 2. The molecule has 2 aromatic heterocycles. The number of furan rings is 1. The molecular weight excluding hydrogens is 634 g/mol. The van der Waals surface area contributed by atoms with Crippen LogP contribution in [-0.2, 0) is 9.53 Å². The van der Waals surface area contributed by atoms with E-state index in [1.165, 1.54) is 23.5 Å². The minimum atomic E-state index is -0.691. The number of nitro benzene ring substituents is 1. The molecule has 2 aromatic carbocycles. The van der Waals surface area contributed by atoms with Gasteiger partial charge in [-0.3, -0.25) is 19.5 Å². The monoisotopic (exact) mass is 663 g/mol. The summed E-state index contributed by atoms with van der Waals surface area (Å²) >= 11 is 4.62. The molecular formula is C32H30BrN3O6S. The number of aromatic nitrogens is 1. The molecule has 0 spiro atoms. The molecule has 5 rings (SSSR count). The van der Waals surface area contributed by atoms with Crippen LogP contribution < -0.4 is 14.9 Å². The molecule has 0 saturated carbocycles. The van der Waals surface area contributed by atoms with E-state index in [9.17, 15) is 19.7 Å². The van der Waals surface area contributed by atoms with E-state index in [-0.39, 0.29) is 17.9 Å². The van der Waals surface area contributed by atoms with E-state index in [4.69, 9.17) is 14.1 Å². The Morgan fingerprint density at radius 1 is 1.19 bits per heavy atom. The fourth-order valence-corrected chi connectivity index (χ4v) is 6.58. The Bertz CT molecular complexity index is 1920. The maximum atomic E-state index is 14.0. The quantitative estimate of drug-likeness (QED) is 0.113. The molecule has 3 heterocycles. The van der Waals surface area contributed by atoms with Crippen molar-refractivity contribution >= 4 is 45.0 Å². The lowest BCUT2D eigenvalue weighted by Gasteiger charge is -2.26. The average Bonchev–Trinajstić information content (AvgIpc) is 3.56. The Kier molecular flexibility index (Phi) is 8.93. The maximum absolute atomic E-state index is 14.0. The van der Waals surface area contributed by atoms with Gasteiger partial charge in [-0.1, -0.05) is 62.8 Å². The van der Waals surface area contributed by atoms with Crippen molar-refractivity contribution in [2.24, 2.45) is 4.99 Å². The second kappa shape index (κ2) is 12.6. The molecule has 0 radical (unpaired) electrons. The Morgan fingerprint density at radius 3 is 2.56 bits per heavy atom. The summed E-state index contributed by atoms with van der Waals surface area (Å²) in [4.78, 5) is 43.3. The highest BCUT2D eigenvalue weighted by molar-refractivity contribution is 9.10. The van der Waals surface area contributed by atoms with Gasteiger partial charge < -0.3 is 9.15 Å². The molecule has 43 heavy (non-hydrogen) atoms. The van der Waals surface area contributed by atoms with E-state index in [1.807, 2.05) is 31.2 Å². The van der Waals surface area contributed by atoms with Crippen LogP contribution >= 0.6 is 27.3 Å². The van der Waals surface area contributed by atoms with Crippen LogP contribution in [0, 0.1) is 10.1 Å². The number of hydrogen-bond acceptors (Lipinski definition) is 8. The molecule has 0 bridgehead atoms. The Labute approximate surface area is 260 Å². The first-order valence-electron chi connectivity index (χ1n) is 14.0. The van der Waals surface area contributed by atoms with Crippen LogP contribution in [0.2, 0.25) is 0 Å². The Morgan fingerprint density at radius 2 is 1.93 bits per heavy atom. The van der Waals surface area contributed by atoms with Crippen LogP contribution in [-0.4, -0.2) is 22.1 Å². The highest BCUT2D eigenvalue weighted by Crippen LogP contribution is 2.34. The third kappa shape index (κ3) is 6.05. The largest absolute Gasteiger partial charge is 0.463 e. The third-order valence-corrected chi connectivity index (χ3v) is 8.78. The van der Waals surface area contributed by atoms with Crippen LogP contribution in [0.25, 0.3) is 17.4 Å². The number of esters is 1. The lowest BCUT2D eigenvalue weighted by atomic mass is 9.92. The van der Waals surface area contributed by atoms with Crippen molar-refractivity contribution in [3.8, 4) is 11.3 Å². The second-order valence-electron chi connectivity index (χ2n) is 10.4. The lowest BCUT2D eigenvalue weighted by molar-refractivity contribution is -0.384. The van der Waals surface area contributed by atoms with Crippen molar-refractivity contribution in [1.82, 2.24) is 4.57 Å². The minimum absolute atomic E-state index is 0.0402. The number of fused-ring (bicyclic) bond motifs is 1. The van der Waals surface area contributed by atoms with Gasteiger partial charge in [0.15, 0.2) is 4.80 Å². The average molecular weight is 665 g/mol. The molecule has 0 amide bonds. The summed E-state index contributed by atoms with van der Waals surface area (Å²) in [5, 5.41) is 11.1. The van der Waals surface area contributed by atoms with Gasteiger partial charge in [0.05, 0.1) is 33.4 Å². The number of hydrogen-bond donors (Lipinski definition) is 0. The number of ether oxygens (including phenoxy) is 1. The second-order valence-corrected chi connectivity index (χ2v) is 12.2. The maximum Gasteiger partial charge on any atom is 0.338 e. The molecule has 11 heteroatoms. The lowest BCUT2D eigenvalue weighted by Crippen LogP contribution is -2.40. The van der Waals surface area contributed by atoms with Crippen molar-refractivity contribution in [2.75, 3.05) is 6.61 Å². The molecule has 0 N–H and O–H groups in total. The van der Waals surface area contributed by atoms with Crippen LogP contribution in [0.15, 0.2) is 84.5 Å². The SMILES string of the molecule is CCCC1=C(C(=O)OCC)C(c2ccc(C(C)C)cc2)n2c(s/c(=C\c3ccc(-c4ccc([N+](=O)[O-])cc4Br)o3)c2=O)=N1. The number of allylic oxidation sites excluding steroid dienone is 1. The zero-order valence-electron chi connectivity index (χ0n) is 24.1. The predicted molar refractivity (Wildman–Crippen MR) is 169 cm³/mol. The van der Waals surface area contributed by atoms with Crippen molar-refractivity contribution in [3.05, 3.63) is 117 Å². The van der Waals surface area contributed by atoms with Gasteiger partial charge >= 0.3 is 5.97 Å². The van der Waals surface area contributed by atoms with Gasteiger partial charge in [0, 0.05) is 28.2 Å². The molecule has 9 nitrogen and oxygen atoms in total. The fourth-order valence-electron chi connectivity index (χ4n) is 5.02. The first-order valence-corrected chi connectivity index (χ1v) is 15.6. The summed E-state index contributed by atoms with van der Waals surface area (Å²) in [6, 6.07) is 15.2. The minimum Gasteiger partial charge on any atom is -0.463 e. The van der Waals surface area contributed by atoms with Crippen LogP contribution in [0.3, 0.4) is 0 Å². The highest BCUT2D eigenvalue weighted by atomic mass is 79.9. The smallest absolute Gasteiger partial charge is 0.338 e. The molecule has 1 unspecified atom stereocenters. The number of non-ortho nitro benzene ring substituents is 1. The number of halogens is 1. The van der Waals surface area contributed by atoms with Crippen molar-refractivity contribution in [1.29, 1.82) is 0 Å². The van der Waals surface area contributed by atoms with Gasteiger partial charge in [-0.05, 0) is 64.5 Å². The van der Waals surface area contributed by atoms with Gasteiger partial charge in [-0.2, -0.15) is 0 Å². The number of carbonyl (C=O) groups excluding carboxylic acids is 1. The van der Waals surface area contributed by atoms with Crippen molar-refractivity contribution < 1.29 is 18.9 Å². The van der Waals surface area contributed by atoms with E-state index in [0.717, 1.165) is 17.5 Å².